The third kappa shape index (κ3) is 2.31. The average molecular weight is 330 g/mol. The summed E-state index contributed by atoms with van der Waals surface area (Å²) in [5.74, 6) is 0.0911. The molecule has 0 unspecified atom stereocenters. The summed E-state index contributed by atoms with van der Waals surface area (Å²) in [4.78, 5) is 16.4. The van der Waals surface area contributed by atoms with Gasteiger partial charge in [0.2, 0.25) is 0 Å². The lowest BCUT2D eigenvalue weighted by Gasteiger charge is -2.23. The Balaban J connectivity index is 1.78. The maximum absolute atomic E-state index is 14.2. The lowest BCUT2D eigenvalue weighted by molar-refractivity contribution is 0.0863. The predicted molar refractivity (Wildman–Crippen MR) is 84.5 cm³/mol. The molecule has 0 aliphatic heterocycles. The highest BCUT2D eigenvalue weighted by Crippen LogP contribution is 2.57. The lowest BCUT2D eigenvalue weighted by atomic mass is 10.1. The Morgan fingerprint density at radius 2 is 2.33 bits per heavy atom. The molecule has 1 fully saturated rings. The molecule has 2 aromatic heterocycles. The zero-order valence-corrected chi connectivity index (χ0v) is 13.6. The standard InChI is InChI=1S/C17H19FN4O2/c1-17(2,8-23)20-16(24)14-11-6-9-5-10(9)15(11)22(21-14)13-3-4-19-7-12(13)18/h3-4,7,9-10,23H,5-6,8H2,1-2H3,(H,20,24)/t9-,10-/m1/s1. The van der Waals surface area contributed by atoms with Gasteiger partial charge >= 0.3 is 0 Å². The number of amides is 1. The van der Waals surface area contributed by atoms with Gasteiger partial charge in [-0.3, -0.25) is 9.78 Å². The second-order valence-corrected chi connectivity index (χ2v) is 7.25. The molecular weight excluding hydrogens is 311 g/mol. The second kappa shape index (κ2) is 5.11. The van der Waals surface area contributed by atoms with Gasteiger partial charge < -0.3 is 10.4 Å². The first kappa shape index (κ1) is 15.3. The fourth-order valence-electron chi connectivity index (χ4n) is 3.43. The minimum atomic E-state index is -0.739. The van der Waals surface area contributed by atoms with Crippen LogP contribution in [0.15, 0.2) is 18.5 Å². The van der Waals surface area contributed by atoms with E-state index >= 15 is 0 Å². The normalized spacial score (nSPS) is 21.3. The van der Waals surface area contributed by atoms with Crippen molar-refractivity contribution in [1.29, 1.82) is 0 Å². The molecule has 6 nitrogen and oxygen atoms in total. The molecule has 2 heterocycles. The van der Waals surface area contributed by atoms with Gasteiger partial charge in [0.05, 0.1) is 24.0 Å². The monoisotopic (exact) mass is 330 g/mol. The summed E-state index contributed by atoms with van der Waals surface area (Å²) in [6.07, 6.45) is 4.53. The van der Waals surface area contributed by atoms with Gasteiger partial charge in [-0.15, -0.1) is 0 Å². The Morgan fingerprint density at radius 3 is 3.04 bits per heavy atom. The number of aliphatic hydroxyl groups excluding tert-OH is 1. The molecule has 7 heteroatoms. The van der Waals surface area contributed by atoms with E-state index in [1.165, 1.54) is 6.20 Å². The van der Waals surface area contributed by atoms with Gasteiger partial charge in [-0.25, -0.2) is 9.07 Å². The van der Waals surface area contributed by atoms with Crippen LogP contribution in [0, 0.1) is 11.7 Å². The van der Waals surface area contributed by atoms with Gasteiger partial charge in [-0.2, -0.15) is 5.10 Å². The number of aliphatic hydroxyl groups is 1. The van der Waals surface area contributed by atoms with Crippen LogP contribution in [-0.4, -0.2) is 37.9 Å². The van der Waals surface area contributed by atoms with Crippen molar-refractivity contribution in [2.75, 3.05) is 6.61 Å². The third-order valence-electron chi connectivity index (χ3n) is 4.80. The highest BCUT2D eigenvalue weighted by molar-refractivity contribution is 5.95. The average Bonchev–Trinajstić information content (AvgIpc) is 3.04. The highest BCUT2D eigenvalue weighted by atomic mass is 19.1. The van der Waals surface area contributed by atoms with E-state index in [1.807, 2.05) is 0 Å². The van der Waals surface area contributed by atoms with Crippen molar-refractivity contribution >= 4 is 5.91 Å². The minimum absolute atomic E-state index is 0.175. The van der Waals surface area contributed by atoms with Crippen molar-refractivity contribution in [2.24, 2.45) is 5.92 Å². The van der Waals surface area contributed by atoms with E-state index in [0.29, 0.717) is 23.2 Å². The van der Waals surface area contributed by atoms with E-state index in [9.17, 15) is 14.3 Å². The Kier molecular flexibility index (Phi) is 3.25. The first-order chi connectivity index (χ1) is 11.4. The first-order valence-corrected chi connectivity index (χ1v) is 8.06. The maximum Gasteiger partial charge on any atom is 0.272 e. The number of carbonyl (C=O) groups excluding carboxylic acids is 1. The summed E-state index contributed by atoms with van der Waals surface area (Å²) in [5, 5.41) is 16.6. The predicted octanol–water partition coefficient (Wildman–Crippen LogP) is 1.57. The molecule has 2 atom stereocenters. The van der Waals surface area contributed by atoms with Crippen LogP contribution >= 0.6 is 0 Å². The van der Waals surface area contributed by atoms with Crippen LogP contribution in [0.25, 0.3) is 5.69 Å². The van der Waals surface area contributed by atoms with Gasteiger partial charge in [0.25, 0.3) is 5.91 Å². The Morgan fingerprint density at radius 1 is 1.54 bits per heavy atom. The zero-order valence-electron chi connectivity index (χ0n) is 13.6. The van der Waals surface area contributed by atoms with E-state index in [-0.39, 0.29) is 12.5 Å². The molecule has 0 aromatic carbocycles. The van der Waals surface area contributed by atoms with Crippen LogP contribution < -0.4 is 5.32 Å². The SMILES string of the molecule is CC(C)(CO)NC(=O)c1nn(-c2ccncc2F)c2c1C[C@H]1C[C@@H]21. The number of nitrogens with one attached hydrogen (secondary N) is 1. The summed E-state index contributed by atoms with van der Waals surface area (Å²) in [6, 6.07) is 1.57. The van der Waals surface area contributed by atoms with Gasteiger partial charge in [0.1, 0.15) is 5.69 Å². The first-order valence-electron chi connectivity index (χ1n) is 8.06. The number of fused-ring (bicyclic) bond motifs is 3. The largest absolute Gasteiger partial charge is 0.394 e. The molecule has 0 saturated heterocycles. The van der Waals surface area contributed by atoms with Gasteiger partial charge in [-0.1, -0.05) is 0 Å². The molecule has 2 aliphatic carbocycles. The molecule has 2 aromatic rings. The summed E-state index contributed by atoms with van der Waals surface area (Å²) in [6.45, 7) is 3.30. The lowest BCUT2D eigenvalue weighted by Crippen LogP contribution is -2.46. The molecule has 0 spiro atoms. The minimum Gasteiger partial charge on any atom is -0.394 e. The maximum atomic E-state index is 14.2. The Labute approximate surface area is 138 Å². The highest BCUT2D eigenvalue weighted by Gasteiger charge is 2.50. The molecule has 1 amide bonds. The molecule has 2 aliphatic rings. The van der Waals surface area contributed by atoms with Crippen LogP contribution in [0.5, 0.6) is 0 Å². The molecular formula is C17H19FN4O2. The molecule has 126 valence electrons. The Hall–Kier alpha value is -2.28. The smallest absolute Gasteiger partial charge is 0.272 e. The molecule has 1 saturated carbocycles. The number of aromatic nitrogens is 3. The van der Waals surface area contributed by atoms with Crippen molar-refractivity contribution in [2.45, 2.75) is 38.1 Å². The summed E-state index contributed by atoms with van der Waals surface area (Å²) < 4.78 is 15.7. The molecule has 0 radical (unpaired) electrons. The van der Waals surface area contributed by atoms with Crippen LogP contribution in [0.4, 0.5) is 4.39 Å². The van der Waals surface area contributed by atoms with Gasteiger partial charge in [0.15, 0.2) is 11.5 Å². The van der Waals surface area contributed by atoms with Gasteiger partial charge in [0, 0.05) is 17.7 Å². The van der Waals surface area contributed by atoms with E-state index in [2.05, 4.69) is 15.4 Å². The molecule has 4 rings (SSSR count). The number of nitrogens with zero attached hydrogens (tertiary/aromatic N) is 3. The second-order valence-electron chi connectivity index (χ2n) is 7.25. The van der Waals surface area contributed by atoms with Crippen molar-refractivity contribution in [1.82, 2.24) is 20.1 Å². The quantitative estimate of drug-likeness (QED) is 0.892. The van der Waals surface area contributed by atoms with E-state index < -0.39 is 11.4 Å². The number of hydrogen-bond acceptors (Lipinski definition) is 4. The topological polar surface area (TPSA) is 80.0 Å². The molecule has 24 heavy (non-hydrogen) atoms. The summed E-state index contributed by atoms with van der Waals surface area (Å²) >= 11 is 0. The Bertz CT molecular complexity index is 830. The fourth-order valence-corrected chi connectivity index (χ4v) is 3.43. The van der Waals surface area contributed by atoms with E-state index in [4.69, 9.17) is 0 Å². The summed E-state index contributed by atoms with van der Waals surface area (Å²) in [7, 11) is 0. The van der Waals surface area contributed by atoms with Crippen molar-refractivity contribution in [3.63, 3.8) is 0 Å². The molecule has 0 bridgehead atoms. The third-order valence-corrected chi connectivity index (χ3v) is 4.80. The number of rotatable bonds is 4. The number of pyridine rings is 1. The van der Waals surface area contributed by atoms with E-state index in [0.717, 1.165) is 30.3 Å². The van der Waals surface area contributed by atoms with Crippen LogP contribution in [0.1, 0.15) is 47.9 Å². The zero-order chi connectivity index (χ0) is 17.1. The van der Waals surface area contributed by atoms with Gasteiger partial charge in [-0.05, 0) is 38.7 Å². The van der Waals surface area contributed by atoms with Crippen LogP contribution in [0.3, 0.4) is 0 Å². The van der Waals surface area contributed by atoms with Crippen molar-refractivity contribution < 1.29 is 14.3 Å². The number of carbonyl (C=O) groups is 1. The van der Waals surface area contributed by atoms with Crippen molar-refractivity contribution in [3.8, 4) is 5.69 Å². The van der Waals surface area contributed by atoms with Crippen LogP contribution in [0.2, 0.25) is 0 Å². The van der Waals surface area contributed by atoms with Crippen LogP contribution in [-0.2, 0) is 6.42 Å². The number of hydrogen-bond donors (Lipinski definition) is 2. The summed E-state index contributed by atoms with van der Waals surface area (Å²) in [5.41, 5.74) is 1.75. The van der Waals surface area contributed by atoms with Crippen molar-refractivity contribution in [3.05, 3.63) is 41.2 Å². The van der Waals surface area contributed by atoms with E-state index in [1.54, 1.807) is 24.6 Å². The number of halogens is 1. The fraction of sp³-hybridized carbons (Fsp3) is 0.471. The molecule has 2 N–H and O–H groups in total.